The smallest absolute Gasteiger partial charge is 0.193 e. The minimum atomic E-state index is 0. The van der Waals surface area contributed by atoms with E-state index in [0.717, 1.165) is 31.3 Å². The van der Waals surface area contributed by atoms with Crippen molar-refractivity contribution in [3.63, 3.8) is 0 Å². The van der Waals surface area contributed by atoms with Crippen molar-refractivity contribution in [3.05, 3.63) is 30.1 Å². The second-order valence-corrected chi connectivity index (χ2v) is 5.56. The number of hydrogen-bond acceptors (Lipinski definition) is 2. The molecule has 1 N–H and O–H groups in total. The summed E-state index contributed by atoms with van der Waals surface area (Å²) < 4.78 is 0. The number of pyridine rings is 1. The second-order valence-electron chi connectivity index (χ2n) is 5.56. The van der Waals surface area contributed by atoms with Gasteiger partial charge in [-0.2, -0.15) is 0 Å². The van der Waals surface area contributed by atoms with Gasteiger partial charge in [0, 0.05) is 26.3 Å². The van der Waals surface area contributed by atoms with Crippen molar-refractivity contribution in [2.75, 3.05) is 20.1 Å². The molecule has 1 aromatic heterocycles. The van der Waals surface area contributed by atoms with E-state index in [1.54, 1.807) is 0 Å². The normalized spacial score (nSPS) is 22.6. The SMILES string of the molecule is CCC1(C)CCN(C(=NC)NCc2ccccn2)C1.I. The van der Waals surface area contributed by atoms with E-state index in [1.165, 1.54) is 12.8 Å². The first kappa shape index (κ1) is 17.2. The maximum atomic E-state index is 4.39. The van der Waals surface area contributed by atoms with Gasteiger partial charge in [-0.1, -0.05) is 19.9 Å². The quantitative estimate of drug-likeness (QED) is 0.492. The molecule has 0 saturated carbocycles. The van der Waals surface area contributed by atoms with Crippen LogP contribution < -0.4 is 5.32 Å². The lowest BCUT2D eigenvalue weighted by Gasteiger charge is -2.25. The number of nitrogens with zero attached hydrogens (tertiary/aromatic N) is 3. The van der Waals surface area contributed by atoms with Gasteiger partial charge in [0.15, 0.2) is 5.96 Å². The number of guanidine groups is 1. The molecule has 0 spiro atoms. The van der Waals surface area contributed by atoms with Gasteiger partial charge in [0.2, 0.25) is 0 Å². The van der Waals surface area contributed by atoms with E-state index in [1.807, 2.05) is 31.4 Å². The zero-order valence-electron chi connectivity index (χ0n) is 12.6. The van der Waals surface area contributed by atoms with Gasteiger partial charge in [-0.3, -0.25) is 9.98 Å². The third kappa shape index (κ3) is 4.33. The van der Waals surface area contributed by atoms with E-state index in [0.29, 0.717) is 5.41 Å². The van der Waals surface area contributed by atoms with Crippen molar-refractivity contribution < 1.29 is 0 Å². The van der Waals surface area contributed by atoms with Crippen LogP contribution in [0.15, 0.2) is 29.4 Å². The highest BCUT2D eigenvalue weighted by Crippen LogP contribution is 2.32. The van der Waals surface area contributed by atoms with E-state index < -0.39 is 0 Å². The molecule has 0 aromatic carbocycles. The van der Waals surface area contributed by atoms with Crippen LogP contribution in [-0.4, -0.2) is 36.0 Å². The predicted octanol–water partition coefficient (Wildman–Crippen LogP) is 2.90. The number of nitrogens with one attached hydrogen (secondary N) is 1. The molecular weight excluding hydrogens is 363 g/mol. The van der Waals surface area contributed by atoms with Gasteiger partial charge in [0.1, 0.15) is 0 Å². The Bertz CT molecular complexity index is 435. The van der Waals surface area contributed by atoms with Crippen LogP contribution in [-0.2, 0) is 6.54 Å². The van der Waals surface area contributed by atoms with Crippen molar-refractivity contribution in [2.24, 2.45) is 10.4 Å². The Morgan fingerprint density at radius 3 is 2.85 bits per heavy atom. The van der Waals surface area contributed by atoms with E-state index >= 15 is 0 Å². The van der Waals surface area contributed by atoms with Crippen molar-refractivity contribution in [2.45, 2.75) is 33.2 Å². The summed E-state index contributed by atoms with van der Waals surface area (Å²) in [6.45, 7) is 7.54. The molecule has 1 aliphatic heterocycles. The summed E-state index contributed by atoms with van der Waals surface area (Å²) in [6.07, 6.45) is 4.29. The molecular formula is C15H25IN4. The lowest BCUT2D eigenvalue weighted by atomic mass is 9.87. The predicted molar refractivity (Wildman–Crippen MR) is 94.4 cm³/mol. The topological polar surface area (TPSA) is 40.5 Å². The molecule has 4 nitrogen and oxygen atoms in total. The molecule has 1 aromatic rings. The molecule has 1 aliphatic rings. The molecule has 1 fully saturated rings. The fraction of sp³-hybridized carbons (Fsp3) is 0.600. The molecule has 5 heteroatoms. The fourth-order valence-electron chi connectivity index (χ4n) is 2.50. The minimum Gasteiger partial charge on any atom is -0.351 e. The monoisotopic (exact) mass is 388 g/mol. The highest BCUT2D eigenvalue weighted by Gasteiger charge is 2.33. The van der Waals surface area contributed by atoms with Crippen LogP contribution in [0.4, 0.5) is 0 Å². The lowest BCUT2D eigenvalue weighted by Crippen LogP contribution is -2.40. The Kier molecular flexibility index (Phi) is 6.71. The summed E-state index contributed by atoms with van der Waals surface area (Å²) in [5.74, 6) is 0.989. The number of rotatable bonds is 3. The van der Waals surface area contributed by atoms with E-state index in [-0.39, 0.29) is 24.0 Å². The molecule has 2 heterocycles. The summed E-state index contributed by atoms with van der Waals surface area (Å²) in [6, 6.07) is 5.97. The molecule has 112 valence electrons. The van der Waals surface area contributed by atoms with Gasteiger partial charge in [-0.15, -0.1) is 24.0 Å². The van der Waals surface area contributed by atoms with E-state index in [9.17, 15) is 0 Å². The summed E-state index contributed by atoms with van der Waals surface area (Å²) >= 11 is 0. The summed E-state index contributed by atoms with van der Waals surface area (Å²) in [4.78, 5) is 11.1. The Balaban J connectivity index is 0.00000200. The van der Waals surface area contributed by atoms with Gasteiger partial charge in [-0.05, 0) is 30.4 Å². The Labute approximate surface area is 139 Å². The first-order valence-corrected chi connectivity index (χ1v) is 7.02. The lowest BCUT2D eigenvalue weighted by molar-refractivity contribution is 0.322. The fourth-order valence-corrected chi connectivity index (χ4v) is 2.50. The number of likely N-dealkylation sites (tertiary alicyclic amines) is 1. The van der Waals surface area contributed by atoms with Gasteiger partial charge < -0.3 is 10.2 Å². The van der Waals surface area contributed by atoms with Gasteiger partial charge in [0.25, 0.3) is 0 Å². The van der Waals surface area contributed by atoms with Crippen LogP contribution in [0, 0.1) is 5.41 Å². The first-order valence-electron chi connectivity index (χ1n) is 7.02. The average molecular weight is 388 g/mol. The number of aromatic nitrogens is 1. The Morgan fingerprint density at radius 1 is 1.50 bits per heavy atom. The summed E-state index contributed by atoms with van der Waals surface area (Å²) in [5, 5.41) is 3.40. The third-order valence-electron chi connectivity index (χ3n) is 4.08. The zero-order valence-corrected chi connectivity index (χ0v) is 14.9. The molecule has 20 heavy (non-hydrogen) atoms. The number of hydrogen-bond donors (Lipinski definition) is 1. The highest BCUT2D eigenvalue weighted by atomic mass is 127. The highest BCUT2D eigenvalue weighted by molar-refractivity contribution is 14.0. The molecule has 0 amide bonds. The van der Waals surface area contributed by atoms with Crippen molar-refractivity contribution in [3.8, 4) is 0 Å². The average Bonchev–Trinajstić information content (AvgIpc) is 2.84. The van der Waals surface area contributed by atoms with Crippen molar-refractivity contribution >= 4 is 29.9 Å². The summed E-state index contributed by atoms with van der Waals surface area (Å²) in [7, 11) is 1.85. The number of aliphatic imine (C=N–C) groups is 1. The van der Waals surface area contributed by atoms with Crippen LogP contribution in [0.2, 0.25) is 0 Å². The van der Waals surface area contributed by atoms with Crippen LogP contribution in [0.1, 0.15) is 32.4 Å². The molecule has 0 bridgehead atoms. The Hall–Kier alpha value is -0.850. The third-order valence-corrected chi connectivity index (χ3v) is 4.08. The van der Waals surface area contributed by atoms with Crippen LogP contribution in [0.3, 0.4) is 0 Å². The molecule has 1 unspecified atom stereocenters. The van der Waals surface area contributed by atoms with Gasteiger partial charge in [-0.25, -0.2) is 0 Å². The minimum absolute atomic E-state index is 0. The van der Waals surface area contributed by atoms with E-state index in [4.69, 9.17) is 0 Å². The molecule has 2 rings (SSSR count). The molecule has 1 atom stereocenters. The second kappa shape index (κ2) is 7.81. The van der Waals surface area contributed by atoms with Crippen LogP contribution in [0.25, 0.3) is 0 Å². The van der Waals surface area contributed by atoms with E-state index in [2.05, 4.69) is 34.0 Å². The molecule has 0 radical (unpaired) electrons. The zero-order chi connectivity index (χ0) is 13.7. The summed E-state index contributed by atoms with van der Waals surface area (Å²) in [5.41, 5.74) is 1.48. The maximum absolute atomic E-state index is 4.39. The largest absolute Gasteiger partial charge is 0.351 e. The maximum Gasteiger partial charge on any atom is 0.193 e. The first-order chi connectivity index (χ1) is 9.17. The van der Waals surface area contributed by atoms with Crippen molar-refractivity contribution in [1.82, 2.24) is 15.2 Å². The Morgan fingerprint density at radius 2 is 2.30 bits per heavy atom. The standard InChI is InChI=1S/C15H24N4.HI/c1-4-15(2)8-10-19(12-15)14(16-3)18-11-13-7-5-6-9-17-13;/h5-7,9H,4,8,10-12H2,1-3H3,(H,16,18);1H. The van der Waals surface area contributed by atoms with Crippen molar-refractivity contribution in [1.29, 1.82) is 0 Å². The van der Waals surface area contributed by atoms with Crippen LogP contribution in [0.5, 0.6) is 0 Å². The van der Waals surface area contributed by atoms with Crippen LogP contribution >= 0.6 is 24.0 Å². The molecule has 1 saturated heterocycles. The molecule has 0 aliphatic carbocycles. The van der Waals surface area contributed by atoms with Gasteiger partial charge in [0.05, 0.1) is 12.2 Å². The number of halogens is 1. The van der Waals surface area contributed by atoms with Gasteiger partial charge >= 0.3 is 0 Å².